The number of amides is 1. The van der Waals surface area contributed by atoms with E-state index in [2.05, 4.69) is 15.1 Å². The fraction of sp³-hybridized carbons (Fsp3) is 0.222. The van der Waals surface area contributed by atoms with Crippen LogP contribution in [0.4, 0.5) is 0 Å². The number of aryl methyl sites for hydroxylation is 1. The van der Waals surface area contributed by atoms with Gasteiger partial charge in [-0.2, -0.15) is 16.3 Å². The van der Waals surface area contributed by atoms with E-state index in [0.717, 1.165) is 20.8 Å². The Bertz CT molecular complexity index is 990. The third-order valence-corrected chi connectivity index (χ3v) is 5.64. The third-order valence-electron chi connectivity index (χ3n) is 3.94. The van der Waals surface area contributed by atoms with Gasteiger partial charge < -0.3 is 9.42 Å². The average Bonchev–Trinajstić information content (AvgIpc) is 3.38. The molecule has 1 aromatic carbocycles. The smallest absolute Gasteiger partial charge is 0.227 e. The monoisotopic (exact) mass is 384 g/mol. The summed E-state index contributed by atoms with van der Waals surface area (Å²) < 4.78 is 6.37. The lowest BCUT2D eigenvalue weighted by Crippen LogP contribution is -2.26. The van der Waals surface area contributed by atoms with E-state index in [1.54, 1.807) is 34.6 Å². The van der Waals surface area contributed by atoms with Crippen LogP contribution in [0.2, 0.25) is 0 Å². The van der Waals surface area contributed by atoms with E-state index in [1.165, 1.54) is 0 Å². The maximum absolute atomic E-state index is 12.4. The molecule has 0 aliphatic heterocycles. The predicted molar refractivity (Wildman–Crippen MR) is 102 cm³/mol. The molecule has 132 valence electrons. The van der Waals surface area contributed by atoms with Crippen LogP contribution in [0.3, 0.4) is 0 Å². The summed E-state index contributed by atoms with van der Waals surface area (Å²) in [4.78, 5) is 23.0. The molecule has 4 aromatic rings. The molecule has 0 aliphatic carbocycles. The number of hydrogen-bond donors (Lipinski definition) is 0. The number of benzene rings is 1. The fourth-order valence-corrected chi connectivity index (χ4v) is 4.20. The Morgan fingerprint density at radius 1 is 1.23 bits per heavy atom. The highest BCUT2D eigenvalue weighted by molar-refractivity contribution is 7.18. The second-order valence-electron chi connectivity index (χ2n) is 5.85. The van der Waals surface area contributed by atoms with Crippen molar-refractivity contribution in [3.63, 3.8) is 0 Å². The molecule has 0 atom stereocenters. The van der Waals surface area contributed by atoms with Crippen molar-refractivity contribution in [3.05, 3.63) is 52.0 Å². The average molecular weight is 384 g/mol. The zero-order valence-electron chi connectivity index (χ0n) is 14.1. The van der Waals surface area contributed by atoms with Gasteiger partial charge in [0, 0.05) is 30.8 Å². The Labute approximate surface area is 158 Å². The maximum atomic E-state index is 12.4. The third kappa shape index (κ3) is 3.66. The highest BCUT2D eigenvalue weighted by Gasteiger charge is 2.15. The highest BCUT2D eigenvalue weighted by Crippen LogP contribution is 2.23. The highest BCUT2D eigenvalue weighted by atomic mass is 32.1. The number of carbonyl (C=O) groups excluding carboxylic acids is 1. The summed E-state index contributed by atoms with van der Waals surface area (Å²) in [5.41, 5.74) is 1.91. The number of para-hydroxylation sites is 1. The fourth-order valence-electron chi connectivity index (χ4n) is 2.55. The first-order valence-corrected chi connectivity index (χ1v) is 9.88. The van der Waals surface area contributed by atoms with Gasteiger partial charge in [-0.05, 0) is 23.6 Å². The molecule has 3 aromatic heterocycles. The largest absolute Gasteiger partial charge is 0.339 e. The van der Waals surface area contributed by atoms with Crippen LogP contribution in [0.15, 0.2) is 45.6 Å². The zero-order valence-corrected chi connectivity index (χ0v) is 15.7. The molecule has 0 unspecified atom stereocenters. The van der Waals surface area contributed by atoms with Crippen molar-refractivity contribution >= 4 is 38.8 Å². The maximum Gasteiger partial charge on any atom is 0.227 e. The van der Waals surface area contributed by atoms with E-state index in [-0.39, 0.29) is 5.91 Å². The number of nitrogens with zero attached hydrogens (tertiary/aromatic N) is 4. The lowest BCUT2D eigenvalue weighted by molar-refractivity contribution is -0.130. The number of hydrogen-bond acceptors (Lipinski definition) is 7. The molecule has 0 fully saturated rings. The number of fused-ring (bicyclic) bond motifs is 1. The normalized spacial score (nSPS) is 11.1. The molecule has 4 rings (SSSR count). The van der Waals surface area contributed by atoms with E-state index < -0.39 is 0 Å². The summed E-state index contributed by atoms with van der Waals surface area (Å²) in [6.07, 6.45) is 0.757. The topological polar surface area (TPSA) is 72.1 Å². The molecule has 8 heteroatoms. The molecule has 0 spiro atoms. The minimum atomic E-state index is 0.0274. The van der Waals surface area contributed by atoms with Gasteiger partial charge in [-0.25, -0.2) is 4.98 Å². The van der Waals surface area contributed by atoms with Gasteiger partial charge in [0.15, 0.2) is 0 Å². The van der Waals surface area contributed by atoms with Crippen LogP contribution < -0.4 is 0 Å². The SMILES string of the molecule is CN(Cc1nc2ccccc2s1)C(=O)CCc1nc(-c2ccsc2)no1. The van der Waals surface area contributed by atoms with Crippen LogP contribution in [0.25, 0.3) is 21.6 Å². The standard InChI is InChI=1S/C18H16N4O2S2/c1-22(10-16-19-13-4-2-3-5-14(13)26-16)17(23)7-6-15-20-18(21-24-15)12-8-9-25-11-12/h2-5,8-9,11H,6-7,10H2,1H3. The lowest BCUT2D eigenvalue weighted by Gasteiger charge is -2.14. The molecule has 0 N–H and O–H groups in total. The van der Waals surface area contributed by atoms with Crippen LogP contribution in [-0.2, 0) is 17.8 Å². The van der Waals surface area contributed by atoms with E-state index in [9.17, 15) is 4.79 Å². The molecule has 6 nitrogen and oxygen atoms in total. The quantitative estimate of drug-likeness (QED) is 0.502. The van der Waals surface area contributed by atoms with E-state index in [4.69, 9.17) is 4.52 Å². The Hall–Kier alpha value is -2.58. The summed E-state index contributed by atoms with van der Waals surface area (Å²) in [6, 6.07) is 9.93. The molecular formula is C18H16N4O2S2. The second-order valence-corrected chi connectivity index (χ2v) is 7.74. The van der Waals surface area contributed by atoms with Crippen molar-refractivity contribution in [2.75, 3.05) is 7.05 Å². The zero-order chi connectivity index (χ0) is 17.9. The van der Waals surface area contributed by atoms with Gasteiger partial charge in [-0.15, -0.1) is 11.3 Å². The van der Waals surface area contributed by atoms with Gasteiger partial charge >= 0.3 is 0 Å². The molecule has 0 radical (unpaired) electrons. The van der Waals surface area contributed by atoms with Crippen LogP contribution >= 0.6 is 22.7 Å². The van der Waals surface area contributed by atoms with Crippen molar-refractivity contribution in [1.29, 1.82) is 0 Å². The van der Waals surface area contributed by atoms with Crippen LogP contribution in [-0.4, -0.2) is 33.0 Å². The summed E-state index contributed by atoms with van der Waals surface area (Å²) in [5.74, 6) is 1.07. The van der Waals surface area contributed by atoms with Crippen molar-refractivity contribution in [3.8, 4) is 11.4 Å². The first kappa shape index (κ1) is 16.9. The van der Waals surface area contributed by atoms with Gasteiger partial charge in [-0.1, -0.05) is 17.3 Å². The Morgan fingerprint density at radius 3 is 2.92 bits per heavy atom. The number of aromatic nitrogens is 3. The molecule has 0 aliphatic rings. The number of thiazole rings is 1. The summed E-state index contributed by atoms with van der Waals surface area (Å²) >= 11 is 3.20. The molecular weight excluding hydrogens is 368 g/mol. The summed E-state index contributed by atoms with van der Waals surface area (Å²) in [5, 5.41) is 8.82. The van der Waals surface area contributed by atoms with Crippen molar-refractivity contribution in [2.24, 2.45) is 0 Å². The molecule has 3 heterocycles. The Balaban J connectivity index is 1.34. The molecule has 0 saturated heterocycles. The van der Waals surface area contributed by atoms with Gasteiger partial charge in [0.05, 0.1) is 16.8 Å². The molecule has 26 heavy (non-hydrogen) atoms. The van der Waals surface area contributed by atoms with E-state index in [0.29, 0.717) is 31.1 Å². The van der Waals surface area contributed by atoms with Crippen molar-refractivity contribution < 1.29 is 9.32 Å². The summed E-state index contributed by atoms with van der Waals surface area (Å²) in [6.45, 7) is 0.502. The van der Waals surface area contributed by atoms with Gasteiger partial charge in [0.25, 0.3) is 0 Å². The first-order chi connectivity index (χ1) is 12.7. The number of carbonyl (C=O) groups is 1. The first-order valence-electron chi connectivity index (χ1n) is 8.12. The molecule has 0 saturated carbocycles. The van der Waals surface area contributed by atoms with Crippen LogP contribution in [0, 0.1) is 0 Å². The number of thiophene rings is 1. The molecule has 0 bridgehead atoms. The minimum absolute atomic E-state index is 0.0274. The predicted octanol–water partition coefficient (Wildman–Crippen LogP) is 4.00. The van der Waals surface area contributed by atoms with Gasteiger partial charge in [0.1, 0.15) is 5.01 Å². The number of rotatable bonds is 6. The minimum Gasteiger partial charge on any atom is -0.339 e. The van der Waals surface area contributed by atoms with Gasteiger partial charge in [0.2, 0.25) is 17.6 Å². The van der Waals surface area contributed by atoms with E-state index in [1.807, 2.05) is 41.1 Å². The summed E-state index contributed by atoms with van der Waals surface area (Å²) in [7, 11) is 1.79. The second kappa shape index (κ2) is 7.35. The molecule has 1 amide bonds. The van der Waals surface area contributed by atoms with Gasteiger partial charge in [-0.3, -0.25) is 4.79 Å². The lowest BCUT2D eigenvalue weighted by atomic mass is 10.2. The Kier molecular flexibility index (Phi) is 4.77. The van der Waals surface area contributed by atoms with Crippen molar-refractivity contribution in [1.82, 2.24) is 20.0 Å². The van der Waals surface area contributed by atoms with Crippen LogP contribution in [0.1, 0.15) is 17.3 Å². The van der Waals surface area contributed by atoms with Crippen LogP contribution in [0.5, 0.6) is 0 Å². The van der Waals surface area contributed by atoms with Crippen molar-refractivity contribution in [2.45, 2.75) is 19.4 Å². The van der Waals surface area contributed by atoms with E-state index >= 15 is 0 Å². The Morgan fingerprint density at radius 2 is 2.12 bits per heavy atom.